The molecule has 1 aromatic heterocycles. The van der Waals surface area contributed by atoms with Crippen LogP contribution in [0.15, 0.2) is 59.5 Å². The summed E-state index contributed by atoms with van der Waals surface area (Å²) in [5.74, 6) is -0.430. The molecule has 2 aromatic carbocycles. The highest BCUT2D eigenvalue weighted by Gasteiger charge is 2.24. The first kappa shape index (κ1) is 18.7. The summed E-state index contributed by atoms with van der Waals surface area (Å²) in [4.78, 5) is 13.2. The maximum absolute atomic E-state index is 13.4. The Kier molecular flexibility index (Phi) is 5.19. The monoisotopic (exact) mass is 397 g/mol. The van der Waals surface area contributed by atoms with Gasteiger partial charge in [0.1, 0.15) is 5.82 Å². The van der Waals surface area contributed by atoms with E-state index >= 15 is 0 Å². The van der Waals surface area contributed by atoms with Crippen molar-refractivity contribution in [2.75, 3.05) is 0 Å². The molecule has 0 spiro atoms. The van der Waals surface area contributed by atoms with Gasteiger partial charge in [-0.25, -0.2) is 9.07 Å². The fourth-order valence-corrected chi connectivity index (χ4v) is 3.85. The Balaban J connectivity index is 1.84. The van der Waals surface area contributed by atoms with Gasteiger partial charge in [0.2, 0.25) is 0 Å². The Morgan fingerprint density at radius 1 is 1.07 bits per heavy atom. The molecule has 0 aliphatic heterocycles. The molecule has 0 radical (unpaired) electrons. The third kappa shape index (κ3) is 3.68. The molecule has 1 heterocycles. The molecule has 1 aliphatic carbocycles. The summed E-state index contributed by atoms with van der Waals surface area (Å²) < 4.78 is 36.7. The summed E-state index contributed by atoms with van der Waals surface area (Å²) in [5.41, 5.74) is 2.96. The van der Waals surface area contributed by atoms with Gasteiger partial charge in [-0.15, -0.1) is 0 Å². The van der Waals surface area contributed by atoms with Gasteiger partial charge in [-0.1, -0.05) is 47.5 Å². The average molecular weight is 397 g/mol. The third-order valence-corrected chi connectivity index (χ3v) is 5.67. The van der Waals surface area contributed by atoms with Gasteiger partial charge in [0.15, 0.2) is 0 Å². The zero-order chi connectivity index (χ0) is 19.7. The molecule has 0 saturated heterocycles. The van der Waals surface area contributed by atoms with Gasteiger partial charge in [-0.05, 0) is 48.1 Å². The molecular formula is C21H18FN2O3S-. The molecule has 28 heavy (non-hydrogen) atoms. The van der Waals surface area contributed by atoms with E-state index in [2.05, 4.69) is 5.10 Å². The number of nitrogens with zero attached hydrogens (tertiary/aromatic N) is 2. The Hall–Kier alpha value is -2.64. The number of hydrogen-bond acceptors (Lipinski definition) is 4. The van der Waals surface area contributed by atoms with Crippen LogP contribution in [0.25, 0.3) is 22.3 Å². The van der Waals surface area contributed by atoms with Crippen molar-refractivity contribution in [2.24, 2.45) is 0 Å². The summed E-state index contributed by atoms with van der Waals surface area (Å²) in [5, 5.41) is 4.38. The Bertz CT molecular complexity index is 1070. The topological polar surface area (TPSA) is 75.0 Å². The minimum atomic E-state index is -2.16. The van der Waals surface area contributed by atoms with Gasteiger partial charge in [0, 0.05) is 11.3 Å². The highest BCUT2D eigenvalue weighted by atomic mass is 32.2. The van der Waals surface area contributed by atoms with Crippen molar-refractivity contribution in [3.8, 4) is 22.3 Å². The Morgan fingerprint density at radius 2 is 1.71 bits per heavy atom. The molecule has 0 bridgehead atoms. The predicted octanol–water partition coefficient (Wildman–Crippen LogP) is 3.82. The largest absolute Gasteiger partial charge is 0.772 e. The van der Waals surface area contributed by atoms with E-state index in [1.807, 2.05) is 0 Å². The molecule has 0 N–H and O–H groups in total. The van der Waals surface area contributed by atoms with Crippen LogP contribution in [0.1, 0.15) is 30.9 Å². The molecule has 1 atom stereocenters. The van der Waals surface area contributed by atoms with Crippen molar-refractivity contribution < 1.29 is 13.2 Å². The van der Waals surface area contributed by atoms with Crippen LogP contribution in [0.4, 0.5) is 4.39 Å². The molecule has 1 saturated carbocycles. The molecule has 4 rings (SSSR count). The van der Waals surface area contributed by atoms with Crippen LogP contribution in [0.5, 0.6) is 0 Å². The molecule has 3 aromatic rings. The van der Waals surface area contributed by atoms with Gasteiger partial charge in [0.25, 0.3) is 5.56 Å². The molecule has 1 aliphatic rings. The summed E-state index contributed by atoms with van der Waals surface area (Å²) in [6.07, 6.45) is 4.60. The minimum Gasteiger partial charge on any atom is -0.772 e. The van der Waals surface area contributed by atoms with Gasteiger partial charge in [-0.2, -0.15) is 5.10 Å². The summed E-state index contributed by atoms with van der Waals surface area (Å²) in [6.45, 7) is 0. The lowest BCUT2D eigenvalue weighted by Crippen LogP contribution is -2.32. The van der Waals surface area contributed by atoms with Gasteiger partial charge >= 0.3 is 0 Å². The Labute approximate surface area is 164 Å². The lowest BCUT2D eigenvalue weighted by atomic mass is 9.92. The summed E-state index contributed by atoms with van der Waals surface area (Å²) in [7, 11) is 0. The zero-order valence-electron chi connectivity index (χ0n) is 15.0. The smallest absolute Gasteiger partial charge is 0.275 e. The maximum atomic E-state index is 13.4. The van der Waals surface area contributed by atoms with Crippen molar-refractivity contribution in [1.29, 1.82) is 0 Å². The van der Waals surface area contributed by atoms with Crippen LogP contribution in [-0.2, 0) is 16.8 Å². The molecule has 1 unspecified atom stereocenters. The fraction of sp³-hybridized carbons (Fsp3) is 0.238. The highest BCUT2D eigenvalue weighted by Crippen LogP contribution is 2.33. The normalized spacial score (nSPS) is 15.2. The number of halogens is 1. The van der Waals surface area contributed by atoms with Gasteiger partial charge < -0.3 is 4.55 Å². The molecule has 5 nitrogen and oxygen atoms in total. The van der Waals surface area contributed by atoms with E-state index in [9.17, 15) is 17.9 Å². The van der Waals surface area contributed by atoms with Crippen molar-refractivity contribution in [1.82, 2.24) is 9.78 Å². The molecule has 1 fully saturated rings. The van der Waals surface area contributed by atoms with Crippen LogP contribution >= 0.6 is 0 Å². The van der Waals surface area contributed by atoms with Crippen molar-refractivity contribution in [3.63, 3.8) is 0 Å². The second kappa shape index (κ2) is 7.77. The molecule has 0 amide bonds. The lowest BCUT2D eigenvalue weighted by molar-refractivity contribution is 0.279. The van der Waals surface area contributed by atoms with Crippen LogP contribution in [-0.4, -0.2) is 18.5 Å². The van der Waals surface area contributed by atoms with Crippen LogP contribution in [0.2, 0.25) is 0 Å². The molecule has 144 valence electrons. The number of aromatic nitrogens is 2. The highest BCUT2D eigenvalue weighted by molar-refractivity contribution is 7.78. The maximum Gasteiger partial charge on any atom is 0.275 e. The van der Waals surface area contributed by atoms with E-state index in [-0.39, 0.29) is 23.2 Å². The summed E-state index contributed by atoms with van der Waals surface area (Å²) >= 11 is -2.16. The second-order valence-corrected chi connectivity index (χ2v) is 7.82. The summed E-state index contributed by atoms with van der Waals surface area (Å²) in [6, 6.07) is 13.0. The van der Waals surface area contributed by atoms with E-state index in [0.29, 0.717) is 22.3 Å². The first-order chi connectivity index (χ1) is 13.5. The quantitative estimate of drug-likeness (QED) is 0.614. The van der Waals surface area contributed by atoms with Crippen molar-refractivity contribution in [2.45, 2.75) is 31.1 Å². The number of hydrogen-bond donors (Lipinski definition) is 0. The number of benzene rings is 2. The average Bonchev–Trinajstić information content (AvgIpc) is 2.63. The standard InChI is InChI=1S/C21H19FN2O3S/c22-17-10-8-16(9-11-17)20-19(12-23-24(21(20)25)18-2-1-3-18)15-6-4-14(5-7-15)13-28(26)27/h4-12,18H,1-3,13H2,(H,26,27)/p-1. The van der Waals surface area contributed by atoms with Crippen molar-refractivity contribution in [3.05, 3.63) is 76.5 Å². The second-order valence-electron chi connectivity index (χ2n) is 6.92. The minimum absolute atomic E-state index is 0.0629. The Morgan fingerprint density at radius 3 is 2.29 bits per heavy atom. The van der Waals surface area contributed by atoms with E-state index < -0.39 is 11.1 Å². The van der Waals surface area contributed by atoms with Crippen molar-refractivity contribution >= 4 is 11.1 Å². The molecule has 7 heteroatoms. The number of rotatable bonds is 5. The van der Waals surface area contributed by atoms with E-state index in [1.165, 1.54) is 16.8 Å². The molecular weight excluding hydrogens is 379 g/mol. The third-order valence-electron chi connectivity index (χ3n) is 5.11. The first-order valence-electron chi connectivity index (χ1n) is 9.06. The zero-order valence-corrected chi connectivity index (χ0v) is 15.8. The van der Waals surface area contributed by atoms with Crippen LogP contribution < -0.4 is 5.56 Å². The van der Waals surface area contributed by atoms with E-state index in [1.54, 1.807) is 42.6 Å². The van der Waals surface area contributed by atoms with Crippen LogP contribution in [0.3, 0.4) is 0 Å². The van der Waals surface area contributed by atoms with Gasteiger partial charge in [0.05, 0.1) is 17.8 Å². The lowest BCUT2D eigenvalue weighted by Gasteiger charge is -2.27. The van der Waals surface area contributed by atoms with E-state index in [4.69, 9.17) is 0 Å². The first-order valence-corrected chi connectivity index (χ1v) is 10.3. The fourth-order valence-electron chi connectivity index (χ4n) is 3.39. The van der Waals surface area contributed by atoms with Crippen LogP contribution in [0, 0.1) is 5.82 Å². The SMILES string of the molecule is O=c1c(-c2ccc(F)cc2)c(-c2ccc(CS(=O)[O-])cc2)cnn1C1CCC1. The van der Waals surface area contributed by atoms with E-state index in [0.717, 1.165) is 24.8 Å². The van der Waals surface area contributed by atoms with Gasteiger partial charge in [-0.3, -0.25) is 9.00 Å². The predicted molar refractivity (Wildman–Crippen MR) is 105 cm³/mol.